The summed E-state index contributed by atoms with van der Waals surface area (Å²) < 4.78 is 37.5. The lowest BCUT2D eigenvalue weighted by Crippen LogP contribution is -2.24. The number of H-pyrrole nitrogens is 1. The van der Waals surface area contributed by atoms with Gasteiger partial charge in [0.25, 0.3) is 5.91 Å². The SMILES string of the molecule is O=C(NCc1ccc(C(F)(F)F)cc1)c1n[nH]c2c1CCCC2. The van der Waals surface area contributed by atoms with E-state index in [9.17, 15) is 18.0 Å². The van der Waals surface area contributed by atoms with Crippen molar-refractivity contribution >= 4 is 5.91 Å². The van der Waals surface area contributed by atoms with Gasteiger partial charge in [0.1, 0.15) is 0 Å². The molecule has 0 radical (unpaired) electrons. The Bertz CT molecular complexity index is 704. The van der Waals surface area contributed by atoms with Crippen molar-refractivity contribution in [3.05, 3.63) is 52.3 Å². The van der Waals surface area contributed by atoms with E-state index in [0.717, 1.165) is 49.1 Å². The van der Waals surface area contributed by atoms with Gasteiger partial charge in [0.2, 0.25) is 0 Å². The zero-order valence-corrected chi connectivity index (χ0v) is 12.3. The number of alkyl halides is 3. The first-order valence-corrected chi connectivity index (χ1v) is 7.45. The molecule has 2 aromatic rings. The Balaban J connectivity index is 1.64. The molecule has 23 heavy (non-hydrogen) atoms. The average Bonchev–Trinajstić information content (AvgIpc) is 2.96. The molecule has 0 fully saturated rings. The number of aromatic nitrogens is 2. The fourth-order valence-corrected chi connectivity index (χ4v) is 2.75. The molecule has 1 aromatic heterocycles. The molecule has 0 atom stereocenters. The monoisotopic (exact) mass is 323 g/mol. The summed E-state index contributed by atoms with van der Waals surface area (Å²) in [5, 5.41) is 9.67. The van der Waals surface area contributed by atoms with Gasteiger partial charge in [-0.25, -0.2) is 0 Å². The lowest BCUT2D eigenvalue weighted by atomic mass is 9.96. The number of aryl methyl sites for hydroxylation is 1. The highest BCUT2D eigenvalue weighted by Crippen LogP contribution is 2.29. The maximum Gasteiger partial charge on any atom is 0.416 e. The molecule has 3 rings (SSSR count). The van der Waals surface area contributed by atoms with Gasteiger partial charge >= 0.3 is 6.18 Å². The molecule has 0 saturated heterocycles. The summed E-state index contributed by atoms with van der Waals surface area (Å²) in [6.45, 7) is 0.165. The number of carbonyl (C=O) groups is 1. The predicted molar refractivity (Wildman–Crippen MR) is 77.8 cm³/mol. The molecule has 0 aliphatic heterocycles. The van der Waals surface area contributed by atoms with Crippen molar-refractivity contribution in [2.75, 3.05) is 0 Å². The molecule has 1 heterocycles. The molecule has 1 amide bonds. The number of halogens is 3. The molecular formula is C16H16F3N3O. The molecule has 1 aliphatic rings. The number of nitrogens with one attached hydrogen (secondary N) is 2. The summed E-state index contributed by atoms with van der Waals surface area (Å²) in [4.78, 5) is 12.2. The van der Waals surface area contributed by atoms with Crippen LogP contribution in [-0.2, 0) is 25.6 Å². The normalized spacial score (nSPS) is 14.4. The molecule has 1 aromatic carbocycles. The van der Waals surface area contributed by atoms with Gasteiger partial charge in [-0.2, -0.15) is 18.3 Å². The fraction of sp³-hybridized carbons (Fsp3) is 0.375. The lowest BCUT2D eigenvalue weighted by Gasteiger charge is -2.11. The van der Waals surface area contributed by atoms with E-state index in [1.54, 1.807) is 0 Å². The summed E-state index contributed by atoms with van der Waals surface area (Å²) in [6, 6.07) is 4.75. The van der Waals surface area contributed by atoms with Gasteiger partial charge in [0.05, 0.1) is 5.56 Å². The van der Waals surface area contributed by atoms with Crippen molar-refractivity contribution in [1.82, 2.24) is 15.5 Å². The van der Waals surface area contributed by atoms with Crippen LogP contribution in [0.2, 0.25) is 0 Å². The zero-order valence-electron chi connectivity index (χ0n) is 12.3. The van der Waals surface area contributed by atoms with Crippen molar-refractivity contribution in [3.8, 4) is 0 Å². The van der Waals surface area contributed by atoms with E-state index < -0.39 is 11.7 Å². The number of amides is 1. The minimum Gasteiger partial charge on any atom is -0.347 e. The first-order valence-electron chi connectivity index (χ1n) is 7.45. The van der Waals surface area contributed by atoms with Crippen LogP contribution >= 0.6 is 0 Å². The van der Waals surface area contributed by atoms with Crippen LogP contribution in [0.1, 0.15) is 45.7 Å². The highest BCUT2D eigenvalue weighted by molar-refractivity contribution is 5.94. The smallest absolute Gasteiger partial charge is 0.347 e. The maximum atomic E-state index is 12.5. The summed E-state index contributed by atoms with van der Waals surface area (Å²) in [5.41, 5.74) is 2.27. The molecule has 0 bridgehead atoms. The summed E-state index contributed by atoms with van der Waals surface area (Å²) in [7, 11) is 0. The molecule has 0 unspecified atom stereocenters. The Labute approximate surface area is 131 Å². The first-order chi connectivity index (χ1) is 10.9. The third-order valence-corrected chi connectivity index (χ3v) is 4.01. The van der Waals surface area contributed by atoms with Crippen molar-refractivity contribution in [1.29, 1.82) is 0 Å². The van der Waals surface area contributed by atoms with Gasteiger partial charge in [0.15, 0.2) is 5.69 Å². The van der Waals surface area contributed by atoms with Gasteiger partial charge in [-0.15, -0.1) is 0 Å². The van der Waals surface area contributed by atoms with E-state index in [1.807, 2.05) is 0 Å². The van der Waals surface area contributed by atoms with Crippen LogP contribution < -0.4 is 5.32 Å². The third-order valence-electron chi connectivity index (χ3n) is 4.01. The first kappa shape index (κ1) is 15.6. The Morgan fingerprint density at radius 2 is 1.87 bits per heavy atom. The summed E-state index contributed by atoms with van der Waals surface area (Å²) in [5.74, 6) is -0.302. The molecule has 7 heteroatoms. The van der Waals surface area contributed by atoms with Gasteiger partial charge in [-0.1, -0.05) is 12.1 Å². The van der Waals surface area contributed by atoms with Crippen LogP contribution in [0.4, 0.5) is 13.2 Å². The zero-order chi connectivity index (χ0) is 16.4. The van der Waals surface area contributed by atoms with E-state index >= 15 is 0 Å². The number of hydrogen-bond acceptors (Lipinski definition) is 2. The number of aromatic amines is 1. The summed E-state index contributed by atoms with van der Waals surface area (Å²) in [6.07, 6.45) is -0.507. The van der Waals surface area contributed by atoms with E-state index in [1.165, 1.54) is 12.1 Å². The number of benzene rings is 1. The van der Waals surface area contributed by atoms with Crippen LogP contribution in [0.3, 0.4) is 0 Å². The average molecular weight is 323 g/mol. The molecular weight excluding hydrogens is 307 g/mol. The van der Waals surface area contributed by atoms with Crippen molar-refractivity contribution < 1.29 is 18.0 Å². The highest BCUT2D eigenvalue weighted by atomic mass is 19.4. The number of nitrogens with zero attached hydrogens (tertiary/aromatic N) is 1. The van der Waals surface area contributed by atoms with E-state index in [-0.39, 0.29) is 12.5 Å². The minimum absolute atomic E-state index is 0.165. The van der Waals surface area contributed by atoms with Crippen molar-refractivity contribution in [2.45, 2.75) is 38.4 Å². The van der Waals surface area contributed by atoms with Crippen LogP contribution in [0, 0.1) is 0 Å². The second-order valence-corrected chi connectivity index (χ2v) is 5.61. The topological polar surface area (TPSA) is 57.8 Å². The third kappa shape index (κ3) is 3.38. The summed E-state index contributed by atoms with van der Waals surface area (Å²) >= 11 is 0. The van der Waals surface area contributed by atoms with Gasteiger partial charge in [-0.3, -0.25) is 9.89 Å². The molecule has 0 spiro atoms. The van der Waals surface area contributed by atoms with E-state index in [0.29, 0.717) is 11.3 Å². The van der Waals surface area contributed by atoms with Crippen LogP contribution in [0.25, 0.3) is 0 Å². The molecule has 1 aliphatic carbocycles. The van der Waals surface area contributed by atoms with Crippen LogP contribution in [0.5, 0.6) is 0 Å². The Hall–Kier alpha value is -2.31. The Morgan fingerprint density at radius 3 is 2.57 bits per heavy atom. The molecule has 0 saturated carbocycles. The standard InChI is InChI=1S/C16H16F3N3O/c17-16(18,19)11-7-5-10(6-8-11)9-20-15(23)14-12-3-1-2-4-13(12)21-22-14/h5-8H,1-4,9H2,(H,20,23)(H,21,22). The van der Waals surface area contributed by atoms with E-state index in [2.05, 4.69) is 15.5 Å². The minimum atomic E-state index is -4.35. The van der Waals surface area contributed by atoms with E-state index in [4.69, 9.17) is 0 Å². The van der Waals surface area contributed by atoms with Crippen LogP contribution in [0.15, 0.2) is 24.3 Å². The second kappa shape index (κ2) is 6.06. The Morgan fingerprint density at radius 1 is 1.17 bits per heavy atom. The molecule has 122 valence electrons. The number of carbonyl (C=O) groups excluding carboxylic acids is 1. The highest BCUT2D eigenvalue weighted by Gasteiger charge is 2.30. The van der Waals surface area contributed by atoms with Gasteiger partial charge in [-0.05, 0) is 43.4 Å². The Kier molecular flexibility index (Phi) is 4.11. The van der Waals surface area contributed by atoms with Crippen molar-refractivity contribution in [3.63, 3.8) is 0 Å². The van der Waals surface area contributed by atoms with Gasteiger partial charge < -0.3 is 5.32 Å². The van der Waals surface area contributed by atoms with Crippen LogP contribution in [-0.4, -0.2) is 16.1 Å². The maximum absolute atomic E-state index is 12.5. The fourth-order valence-electron chi connectivity index (χ4n) is 2.75. The largest absolute Gasteiger partial charge is 0.416 e. The molecule has 2 N–H and O–H groups in total. The lowest BCUT2D eigenvalue weighted by molar-refractivity contribution is -0.137. The quantitative estimate of drug-likeness (QED) is 0.911. The van der Waals surface area contributed by atoms with Gasteiger partial charge in [0, 0.05) is 17.8 Å². The number of fused-ring (bicyclic) bond motifs is 1. The number of hydrogen-bond donors (Lipinski definition) is 2. The molecule has 4 nitrogen and oxygen atoms in total. The van der Waals surface area contributed by atoms with Crippen molar-refractivity contribution in [2.24, 2.45) is 0 Å². The predicted octanol–water partition coefficient (Wildman–Crippen LogP) is 3.24. The number of rotatable bonds is 3. The second-order valence-electron chi connectivity index (χ2n) is 5.61.